The zero-order chi connectivity index (χ0) is 47.6. The van der Waals surface area contributed by atoms with Crippen molar-refractivity contribution in [1.82, 2.24) is 5.32 Å². The number of hydrogen-bond acceptors (Lipinski definition) is 10. The number of nitrogens with one attached hydrogen (secondary N) is 1. The van der Waals surface area contributed by atoms with Crippen LogP contribution in [0.4, 0.5) is 0 Å². The lowest BCUT2D eigenvalue weighted by atomic mass is 9.99. The molecule has 0 saturated carbocycles. The van der Waals surface area contributed by atoms with Crippen LogP contribution in [-0.2, 0) is 28.9 Å². The Kier molecular flexibility index (Phi) is 40.8. The maximum Gasteiger partial charge on any atom is 0.397 e. The van der Waals surface area contributed by atoms with Gasteiger partial charge in [-0.15, -0.1) is 0 Å². The van der Waals surface area contributed by atoms with Crippen molar-refractivity contribution in [2.24, 2.45) is 0 Å². The van der Waals surface area contributed by atoms with Crippen molar-refractivity contribution in [3.63, 3.8) is 0 Å². The van der Waals surface area contributed by atoms with Crippen molar-refractivity contribution >= 4 is 16.3 Å². The van der Waals surface area contributed by atoms with Gasteiger partial charge in [0.25, 0.3) is 0 Å². The Bertz CT molecular complexity index is 1210. The van der Waals surface area contributed by atoms with E-state index in [-0.39, 0.29) is 18.9 Å². The number of allylic oxidation sites excluding steroid dienone is 1. The molecule has 0 aromatic carbocycles. The summed E-state index contributed by atoms with van der Waals surface area (Å²) in [7, 11) is -5.08. The summed E-state index contributed by atoms with van der Waals surface area (Å²) in [5.74, 6) is -0.257. The number of aliphatic hydroxyl groups is 4. The van der Waals surface area contributed by atoms with Crippen LogP contribution in [0, 0.1) is 0 Å². The molecule has 0 spiro atoms. The highest BCUT2D eigenvalue weighted by molar-refractivity contribution is 7.80. The fourth-order valence-corrected chi connectivity index (χ4v) is 9.38. The van der Waals surface area contributed by atoms with Gasteiger partial charge in [-0.2, -0.15) is 8.42 Å². The molecule has 12 nitrogen and oxygen atoms in total. The van der Waals surface area contributed by atoms with Gasteiger partial charge in [-0.3, -0.25) is 9.35 Å². The van der Waals surface area contributed by atoms with Crippen LogP contribution in [0.5, 0.6) is 0 Å². The van der Waals surface area contributed by atoms with E-state index in [1.165, 1.54) is 193 Å². The van der Waals surface area contributed by atoms with E-state index in [0.29, 0.717) is 6.42 Å². The summed E-state index contributed by atoms with van der Waals surface area (Å²) in [6.07, 6.45) is 41.0. The van der Waals surface area contributed by atoms with Gasteiger partial charge in [0.1, 0.15) is 24.4 Å². The molecule has 13 heteroatoms. The van der Waals surface area contributed by atoms with Crippen LogP contribution in [0.2, 0.25) is 0 Å². The molecule has 65 heavy (non-hydrogen) atoms. The van der Waals surface area contributed by atoms with Gasteiger partial charge in [-0.1, -0.05) is 244 Å². The SMILES string of the molecule is CCCCCCCCCCCCCCCCCCCCC/C=C/C(O)C(COC1OC(CO)C(O)C(OS(=O)(=O)O)C1O)NC(=O)CCCCCCCCCCCCCCCCCCC. The smallest absolute Gasteiger partial charge is 0.394 e. The van der Waals surface area contributed by atoms with Crippen LogP contribution in [0.3, 0.4) is 0 Å². The molecule has 0 radical (unpaired) electrons. The molecule has 1 heterocycles. The summed E-state index contributed by atoms with van der Waals surface area (Å²) in [6.45, 7) is 3.43. The van der Waals surface area contributed by atoms with E-state index in [2.05, 4.69) is 23.3 Å². The molecule has 6 N–H and O–H groups in total. The second kappa shape index (κ2) is 42.9. The lowest BCUT2D eigenvalue weighted by Gasteiger charge is -2.41. The van der Waals surface area contributed by atoms with Crippen molar-refractivity contribution in [3.05, 3.63) is 12.2 Å². The zero-order valence-electron chi connectivity index (χ0n) is 41.6. The molecule has 0 bridgehead atoms. The number of ether oxygens (including phenoxy) is 2. The molecule has 386 valence electrons. The van der Waals surface area contributed by atoms with E-state index in [1.807, 2.05) is 6.08 Å². The Morgan fingerprint density at radius 2 is 0.969 bits per heavy atom. The molecule has 7 atom stereocenters. The number of rotatable bonds is 47. The first-order chi connectivity index (χ1) is 31.5. The van der Waals surface area contributed by atoms with Crippen LogP contribution in [0.25, 0.3) is 0 Å². The molecule has 1 rings (SSSR count). The molecule has 0 aromatic heterocycles. The van der Waals surface area contributed by atoms with Crippen molar-refractivity contribution in [2.75, 3.05) is 13.2 Å². The van der Waals surface area contributed by atoms with Crippen molar-refractivity contribution in [2.45, 2.75) is 301 Å². The van der Waals surface area contributed by atoms with Gasteiger partial charge >= 0.3 is 10.4 Å². The average molecular weight is 948 g/mol. The number of unbranched alkanes of at least 4 members (excludes halogenated alkanes) is 35. The molecular formula is C52H101NO11S. The van der Waals surface area contributed by atoms with E-state index >= 15 is 0 Å². The average Bonchev–Trinajstić information content (AvgIpc) is 3.28. The Balaban J connectivity index is 2.42. The first kappa shape index (κ1) is 61.9. The number of carbonyl (C=O) groups is 1. The molecule has 1 aliphatic heterocycles. The third-order valence-corrected chi connectivity index (χ3v) is 13.5. The minimum absolute atomic E-state index is 0.257. The first-order valence-electron chi connectivity index (χ1n) is 27.1. The summed E-state index contributed by atoms with van der Waals surface area (Å²) in [6, 6.07) is -0.939. The summed E-state index contributed by atoms with van der Waals surface area (Å²) in [5, 5.41) is 44.9. The molecule has 1 aliphatic rings. The molecule has 1 saturated heterocycles. The Morgan fingerprint density at radius 3 is 1.34 bits per heavy atom. The predicted molar refractivity (Wildman–Crippen MR) is 264 cm³/mol. The Labute approximate surface area is 398 Å². The highest BCUT2D eigenvalue weighted by Crippen LogP contribution is 2.26. The topological polar surface area (TPSA) is 192 Å². The largest absolute Gasteiger partial charge is 0.397 e. The summed E-state index contributed by atoms with van der Waals surface area (Å²) >= 11 is 0. The van der Waals surface area contributed by atoms with E-state index in [4.69, 9.17) is 9.47 Å². The van der Waals surface area contributed by atoms with E-state index in [9.17, 15) is 38.2 Å². The van der Waals surface area contributed by atoms with Gasteiger partial charge < -0.3 is 35.2 Å². The van der Waals surface area contributed by atoms with Crippen LogP contribution in [0.15, 0.2) is 12.2 Å². The maximum atomic E-state index is 13.1. The summed E-state index contributed by atoms with van der Waals surface area (Å²) in [4.78, 5) is 13.1. The highest BCUT2D eigenvalue weighted by Gasteiger charge is 2.48. The quantitative estimate of drug-likeness (QED) is 0.0193. The van der Waals surface area contributed by atoms with E-state index in [1.54, 1.807) is 6.08 Å². The minimum atomic E-state index is -5.08. The minimum Gasteiger partial charge on any atom is -0.394 e. The normalized spacial score (nSPS) is 20.1. The number of hydrogen-bond donors (Lipinski definition) is 6. The standard InChI is InChI=1S/C52H101NO11S/c1-3-5-7-9-11-13-15-17-19-21-22-23-24-26-27-29-31-33-35-37-39-41-46(55)45(44-62-52-50(58)51(64-65(59,60)61)49(57)47(43-54)63-52)53-48(56)42-40-38-36-34-32-30-28-25-20-18-16-14-12-10-8-6-4-2/h39,41,45-47,49-52,54-55,57-58H,3-38,40,42-44H2,1-2H3,(H,53,56)(H,59,60,61)/b41-39+. The van der Waals surface area contributed by atoms with Gasteiger partial charge in [0.05, 0.1) is 25.4 Å². The van der Waals surface area contributed by atoms with Crippen LogP contribution in [-0.4, -0.2) is 95.4 Å². The second-order valence-corrected chi connectivity index (χ2v) is 20.2. The number of aliphatic hydroxyl groups excluding tert-OH is 4. The van der Waals surface area contributed by atoms with Crippen molar-refractivity contribution < 1.29 is 51.8 Å². The Hall–Kier alpha value is -1.16. The third kappa shape index (κ3) is 35.6. The fourth-order valence-electron chi connectivity index (χ4n) is 8.87. The van der Waals surface area contributed by atoms with Crippen LogP contribution < -0.4 is 5.32 Å². The molecule has 1 fully saturated rings. The van der Waals surface area contributed by atoms with Gasteiger partial charge in [-0.25, -0.2) is 4.18 Å². The van der Waals surface area contributed by atoms with Gasteiger partial charge in [-0.05, 0) is 19.3 Å². The maximum absolute atomic E-state index is 13.1. The lowest BCUT2D eigenvalue weighted by molar-refractivity contribution is -0.298. The molecule has 7 unspecified atom stereocenters. The van der Waals surface area contributed by atoms with Gasteiger partial charge in [0, 0.05) is 6.42 Å². The molecule has 0 aliphatic carbocycles. The molecule has 0 aromatic rings. The number of amides is 1. The van der Waals surface area contributed by atoms with Crippen molar-refractivity contribution in [1.29, 1.82) is 0 Å². The zero-order valence-corrected chi connectivity index (χ0v) is 42.4. The van der Waals surface area contributed by atoms with Crippen molar-refractivity contribution in [3.8, 4) is 0 Å². The van der Waals surface area contributed by atoms with E-state index < -0.39 is 59.9 Å². The number of carbonyl (C=O) groups excluding carboxylic acids is 1. The molecule has 1 amide bonds. The van der Waals surface area contributed by atoms with E-state index in [0.717, 1.165) is 38.5 Å². The predicted octanol–water partition coefficient (Wildman–Crippen LogP) is 11.9. The van der Waals surface area contributed by atoms with Gasteiger partial charge in [0.2, 0.25) is 5.91 Å². The monoisotopic (exact) mass is 948 g/mol. The Morgan fingerprint density at radius 1 is 0.600 bits per heavy atom. The third-order valence-electron chi connectivity index (χ3n) is 13.1. The molecular weight excluding hydrogens is 847 g/mol. The summed E-state index contributed by atoms with van der Waals surface area (Å²) < 4.78 is 47.8. The van der Waals surface area contributed by atoms with Crippen LogP contribution >= 0.6 is 0 Å². The first-order valence-corrected chi connectivity index (χ1v) is 28.4. The second-order valence-electron chi connectivity index (χ2n) is 19.2. The lowest BCUT2D eigenvalue weighted by Crippen LogP contribution is -2.61. The van der Waals surface area contributed by atoms with Gasteiger partial charge in [0.15, 0.2) is 6.29 Å². The van der Waals surface area contributed by atoms with Crippen LogP contribution in [0.1, 0.15) is 258 Å². The highest BCUT2D eigenvalue weighted by atomic mass is 32.3. The fraction of sp³-hybridized carbons (Fsp3) is 0.942. The summed E-state index contributed by atoms with van der Waals surface area (Å²) in [5.41, 5.74) is 0.